The summed E-state index contributed by atoms with van der Waals surface area (Å²) in [5, 5.41) is 22.6. The van der Waals surface area contributed by atoms with Crippen LogP contribution in [0.15, 0.2) is 36.4 Å². The van der Waals surface area contributed by atoms with E-state index in [9.17, 15) is 19.8 Å². The standard InChI is InChI=1S/C26H33N3O4/c30-22-11-8-19(9-12-22)24(26(32)33)29-16-13-18(14-17-29)23(31)6-2-1-5-21-10-7-20-4-3-15-27-25(20)28-21/h7-12,18,24,30H,1-6,13-17H2,(H,27,28)(H,32,33). The number of piperidine rings is 1. The number of aromatic nitrogens is 1. The predicted octanol–water partition coefficient (Wildman–Crippen LogP) is 3.97. The zero-order valence-electron chi connectivity index (χ0n) is 19.0. The highest BCUT2D eigenvalue weighted by Crippen LogP contribution is 2.29. The van der Waals surface area contributed by atoms with Gasteiger partial charge in [-0.3, -0.25) is 14.5 Å². The van der Waals surface area contributed by atoms with Gasteiger partial charge in [0.05, 0.1) is 0 Å². The van der Waals surface area contributed by atoms with Crippen molar-refractivity contribution in [2.75, 3.05) is 25.0 Å². The first-order valence-electron chi connectivity index (χ1n) is 12.0. The highest BCUT2D eigenvalue weighted by atomic mass is 16.4. The van der Waals surface area contributed by atoms with Crippen molar-refractivity contribution >= 4 is 17.6 Å². The average molecular weight is 452 g/mol. The van der Waals surface area contributed by atoms with Crippen LogP contribution in [0.5, 0.6) is 5.75 Å². The van der Waals surface area contributed by atoms with Gasteiger partial charge in [-0.25, -0.2) is 4.98 Å². The lowest BCUT2D eigenvalue weighted by Crippen LogP contribution is -2.41. The van der Waals surface area contributed by atoms with Gasteiger partial charge < -0.3 is 15.5 Å². The summed E-state index contributed by atoms with van der Waals surface area (Å²) in [6.45, 7) is 2.15. The maximum Gasteiger partial charge on any atom is 0.325 e. The van der Waals surface area contributed by atoms with Crippen molar-refractivity contribution in [3.63, 3.8) is 0 Å². The van der Waals surface area contributed by atoms with Crippen LogP contribution in [0, 0.1) is 5.92 Å². The molecule has 0 radical (unpaired) electrons. The normalized spacial score (nSPS) is 17.7. The van der Waals surface area contributed by atoms with E-state index in [1.165, 1.54) is 17.7 Å². The van der Waals surface area contributed by atoms with Gasteiger partial charge in [-0.2, -0.15) is 0 Å². The van der Waals surface area contributed by atoms with Crippen LogP contribution in [0.3, 0.4) is 0 Å². The molecule has 1 unspecified atom stereocenters. The number of ketones is 1. The molecule has 1 aromatic carbocycles. The van der Waals surface area contributed by atoms with E-state index < -0.39 is 12.0 Å². The van der Waals surface area contributed by atoms with Crippen molar-refractivity contribution < 1.29 is 19.8 Å². The number of phenols is 1. The second-order valence-electron chi connectivity index (χ2n) is 9.16. The lowest BCUT2D eigenvalue weighted by Gasteiger charge is -2.35. The molecular weight excluding hydrogens is 418 g/mol. The molecule has 1 atom stereocenters. The fourth-order valence-electron chi connectivity index (χ4n) is 4.96. The van der Waals surface area contributed by atoms with Crippen LogP contribution in [0.2, 0.25) is 0 Å². The van der Waals surface area contributed by atoms with Crippen molar-refractivity contribution in [3.05, 3.63) is 53.2 Å². The van der Waals surface area contributed by atoms with E-state index in [1.54, 1.807) is 12.1 Å². The van der Waals surface area contributed by atoms with Crippen molar-refractivity contribution in [3.8, 4) is 5.75 Å². The van der Waals surface area contributed by atoms with Crippen molar-refractivity contribution in [2.24, 2.45) is 5.92 Å². The Morgan fingerprint density at radius 1 is 1.09 bits per heavy atom. The number of unbranched alkanes of at least 4 members (excludes halogenated alkanes) is 1. The van der Waals surface area contributed by atoms with Crippen molar-refractivity contribution in [1.29, 1.82) is 0 Å². The van der Waals surface area contributed by atoms with Crippen LogP contribution in [-0.2, 0) is 22.4 Å². The number of aromatic hydroxyl groups is 1. The number of carboxylic acids is 1. The Kier molecular flexibility index (Phi) is 7.60. The maximum atomic E-state index is 12.7. The first-order chi connectivity index (χ1) is 16.0. The predicted molar refractivity (Wildman–Crippen MR) is 126 cm³/mol. The largest absolute Gasteiger partial charge is 0.508 e. The number of carbonyl (C=O) groups is 2. The summed E-state index contributed by atoms with van der Waals surface area (Å²) in [5.74, 6) is 0.545. The quantitative estimate of drug-likeness (QED) is 0.496. The smallest absolute Gasteiger partial charge is 0.325 e. The van der Waals surface area contributed by atoms with Crippen LogP contribution < -0.4 is 5.32 Å². The van der Waals surface area contributed by atoms with Gasteiger partial charge >= 0.3 is 5.97 Å². The number of hydrogen-bond donors (Lipinski definition) is 3. The Morgan fingerprint density at radius 2 is 1.85 bits per heavy atom. The van der Waals surface area contributed by atoms with Crippen molar-refractivity contribution in [2.45, 2.75) is 57.4 Å². The maximum absolute atomic E-state index is 12.7. The third-order valence-electron chi connectivity index (χ3n) is 6.85. The minimum Gasteiger partial charge on any atom is -0.508 e. The van der Waals surface area contributed by atoms with E-state index in [2.05, 4.69) is 17.4 Å². The number of nitrogens with one attached hydrogen (secondary N) is 1. The average Bonchev–Trinajstić information content (AvgIpc) is 2.83. The second-order valence-corrected chi connectivity index (χ2v) is 9.16. The Labute approximate surface area is 194 Å². The minimum atomic E-state index is -0.906. The summed E-state index contributed by atoms with van der Waals surface area (Å²) >= 11 is 0. The zero-order chi connectivity index (χ0) is 23.2. The number of aryl methyl sites for hydroxylation is 2. The van der Waals surface area contributed by atoms with Crippen LogP contribution in [0.25, 0.3) is 0 Å². The molecular formula is C26H33N3O4. The summed E-state index contributed by atoms with van der Waals surface area (Å²) in [6.07, 6.45) is 6.89. The summed E-state index contributed by atoms with van der Waals surface area (Å²) in [5.41, 5.74) is 3.02. The van der Waals surface area contributed by atoms with Crippen LogP contribution in [0.4, 0.5) is 5.82 Å². The Bertz CT molecular complexity index is 968. The number of likely N-dealkylation sites (tertiary alicyclic amines) is 1. The first-order valence-corrected chi connectivity index (χ1v) is 12.0. The number of carboxylic acid groups (broad SMARTS) is 1. The van der Waals surface area contributed by atoms with Gasteiger partial charge in [0, 0.05) is 24.6 Å². The second kappa shape index (κ2) is 10.8. The van der Waals surface area contributed by atoms with Gasteiger partial charge in [-0.05, 0) is 87.4 Å². The molecule has 0 bridgehead atoms. The summed E-state index contributed by atoms with van der Waals surface area (Å²) in [6, 6.07) is 9.86. The number of hydrogen-bond acceptors (Lipinski definition) is 6. The lowest BCUT2D eigenvalue weighted by atomic mass is 9.88. The number of aliphatic carboxylic acids is 1. The number of benzene rings is 1. The molecule has 0 amide bonds. The van der Waals surface area contributed by atoms with E-state index in [0.717, 1.165) is 50.2 Å². The molecule has 33 heavy (non-hydrogen) atoms. The van der Waals surface area contributed by atoms with Gasteiger partial charge in [0.15, 0.2) is 0 Å². The Hall–Kier alpha value is -2.93. The Morgan fingerprint density at radius 3 is 2.58 bits per heavy atom. The topological polar surface area (TPSA) is 103 Å². The van der Waals surface area contributed by atoms with E-state index in [4.69, 9.17) is 4.98 Å². The van der Waals surface area contributed by atoms with E-state index in [-0.39, 0.29) is 11.7 Å². The molecule has 2 aliphatic rings. The molecule has 7 nitrogen and oxygen atoms in total. The zero-order valence-corrected chi connectivity index (χ0v) is 19.0. The Balaban J connectivity index is 1.21. The number of phenolic OH excluding ortho intramolecular Hbond substituents is 1. The van der Waals surface area contributed by atoms with Crippen LogP contribution in [0.1, 0.15) is 61.4 Å². The van der Waals surface area contributed by atoms with E-state index in [1.807, 2.05) is 4.90 Å². The van der Waals surface area contributed by atoms with Gasteiger partial charge in [-0.1, -0.05) is 18.2 Å². The molecule has 0 aliphatic carbocycles. The molecule has 7 heteroatoms. The molecule has 1 fully saturated rings. The first kappa shape index (κ1) is 23.2. The highest BCUT2D eigenvalue weighted by Gasteiger charge is 2.32. The molecule has 176 valence electrons. The molecule has 1 saturated heterocycles. The number of fused-ring (bicyclic) bond motifs is 1. The third-order valence-corrected chi connectivity index (χ3v) is 6.85. The molecule has 3 heterocycles. The molecule has 0 spiro atoms. The van der Waals surface area contributed by atoms with E-state index in [0.29, 0.717) is 43.7 Å². The third kappa shape index (κ3) is 5.90. The number of carbonyl (C=O) groups excluding carboxylic acids is 1. The number of nitrogens with zero attached hydrogens (tertiary/aromatic N) is 2. The minimum absolute atomic E-state index is 0.0154. The lowest BCUT2D eigenvalue weighted by molar-refractivity contribution is -0.144. The molecule has 1 aromatic heterocycles. The number of anilines is 1. The molecule has 4 rings (SSSR count). The number of Topliss-reactive ketones (excluding diaryl/α,β-unsaturated/α-hetero) is 1. The van der Waals surface area contributed by atoms with Crippen LogP contribution in [-0.4, -0.2) is 51.5 Å². The van der Waals surface area contributed by atoms with Crippen molar-refractivity contribution in [1.82, 2.24) is 9.88 Å². The van der Waals surface area contributed by atoms with Gasteiger partial charge in [0.25, 0.3) is 0 Å². The van der Waals surface area contributed by atoms with Gasteiger partial charge in [0.1, 0.15) is 23.4 Å². The SMILES string of the molecule is O=C(CCCCc1ccc2c(n1)NCCC2)C1CCN(C(C(=O)O)c2ccc(O)cc2)CC1. The summed E-state index contributed by atoms with van der Waals surface area (Å²) in [4.78, 5) is 31.3. The number of pyridine rings is 1. The van der Waals surface area contributed by atoms with E-state index >= 15 is 0 Å². The van der Waals surface area contributed by atoms with Gasteiger partial charge in [0.2, 0.25) is 0 Å². The molecule has 3 N–H and O–H groups in total. The molecule has 2 aromatic rings. The summed E-state index contributed by atoms with van der Waals surface area (Å²) < 4.78 is 0. The fraction of sp³-hybridized carbons (Fsp3) is 0.500. The monoisotopic (exact) mass is 451 g/mol. The summed E-state index contributed by atoms with van der Waals surface area (Å²) in [7, 11) is 0. The van der Waals surface area contributed by atoms with Crippen LogP contribution >= 0.6 is 0 Å². The fourth-order valence-corrected chi connectivity index (χ4v) is 4.96. The molecule has 2 aliphatic heterocycles. The number of rotatable bonds is 9. The molecule has 0 saturated carbocycles. The van der Waals surface area contributed by atoms with Gasteiger partial charge in [-0.15, -0.1) is 0 Å². The highest BCUT2D eigenvalue weighted by molar-refractivity contribution is 5.81.